The van der Waals surface area contributed by atoms with E-state index in [-0.39, 0.29) is 5.91 Å². The highest BCUT2D eigenvalue weighted by Crippen LogP contribution is 2.23. The lowest BCUT2D eigenvalue weighted by Gasteiger charge is -2.29. The second-order valence-electron chi connectivity index (χ2n) is 5.46. The number of aromatic nitrogens is 2. The van der Waals surface area contributed by atoms with E-state index >= 15 is 0 Å². The van der Waals surface area contributed by atoms with Gasteiger partial charge in [-0.15, -0.1) is 0 Å². The van der Waals surface area contributed by atoms with E-state index in [2.05, 4.69) is 21.4 Å². The second kappa shape index (κ2) is 6.19. The van der Waals surface area contributed by atoms with Crippen LogP contribution in [0, 0.1) is 6.92 Å². The first kappa shape index (κ1) is 14.6. The standard InChI is InChI=1S/C16H20N4O2/c1-12-9-14(20-5-7-22-8-6-20)3-4-15(12)18-16(21)13-10-17-19(2)11-13/h3-4,9-11H,5-8H2,1-2H3,(H,18,21). The van der Waals surface area contributed by atoms with E-state index < -0.39 is 0 Å². The van der Waals surface area contributed by atoms with Crippen molar-refractivity contribution < 1.29 is 9.53 Å². The molecule has 0 aliphatic carbocycles. The molecule has 0 radical (unpaired) electrons. The molecule has 6 heteroatoms. The normalized spacial score (nSPS) is 14.9. The topological polar surface area (TPSA) is 59.4 Å². The third kappa shape index (κ3) is 3.12. The Bertz CT molecular complexity index is 675. The summed E-state index contributed by atoms with van der Waals surface area (Å²) < 4.78 is 6.99. The maximum atomic E-state index is 12.2. The lowest BCUT2D eigenvalue weighted by molar-refractivity contribution is 0.102. The van der Waals surface area contributed by atoms with Gasteiger partial charge in [0.05, 0.1) is 25.0 Å². The van der Waals surface area contributed by atoms with Gasteiger partial charge < -0.3 is 15.0 Å². The van der Waals surface area contributed by atoms with Gasteiger partial charge in [0.1, 0.15) is 0 Å². The van der Waals surface area contributed by atoms with Gasteiger partial charge in [-0.3, -0.25) is 9.48 Å². The van der Waals surface area contributed by atoms with E-state index in [1.807, 2.05) is 19.1 Å². The molecule has 1 aromatic carbocycles. The summed E-state index contributed by atoms with van der Waals surface area (Å²) in [6, 6.07) is 6.09. The fourth-order valence-corrected chi connectivity index (χ4v) is 2.54. The first-order valence-corrected chi connectivity index (χ1v) is 7.37. The van der Waals surface area contributed by atoms with Crippen molar-refractivity contribution in [3.8, 4) is 0 Å². The first-order chi connectivity index (χ1) is 10.6. The van der Waals surface area contributed by atoms with Crippen molar-refractivity contribution >= 4 is 17.3 Å². The molecule has 22 heavy (non-hydrogen) atoms. The molecule has 1 aromatic heterocycles. The Morgan fingerprint density at radius 1 is 1.32 bits per heavy atom. The van der Waals surface area contributed by atoms with Crippen LogP contribution < -0.4 is 10.2 Å². The highest BCUT2D eigenvalue weighted by molar-refractivity contribution is 6.04. The molecule has 0 unspecified atom stereocenters. The number of morpholine rings is 1. The molecule has 0 bridgehead atoms. The molecule has 1 aliphatic heterocycles. The number of carbonyl (C=O) groups is 1. The minimum absolute atomic E-state index is 0.143. The lowest BCUT2D eigenvalue weighted by atomic mass is 10.1. The Morgan fingerprint density at radius 2 is 2.09 bits per heavy atom. The van der Waals surface area contributed by atoms with Gasteiger partial charge in [0.25, 0.3) is 5.91 Å². The number of benzene rings is 1. The van der Waals surface area contributed by atoms with Crippen LogP contribution in [0.1, 0.15) is 15.9 Å². The van der Waals surface area contributed by atoms with Gasteiger partial charge in [0.2, 0.25) is 0 Å². The minimum atomic E-state index is -0.143. The summed E-state index contributed by atoms with van der Waals surface area (Å²) in [7, 11) is 1.79. The molecule has 0 saturated carbocycles. The number of nitrogens with zero attached hydrogens (tertiary/aromatic N) is 3. The number of ether oxygens (including phenoxy) is 1. The summed E-state index contributed by atoms with van der Waals surface area (Å²) in [5.41, 5.74) is 3.59. The third-order valence-corrected chi connectivity index (χ3v) is 3.80. The molecule has 1 aliphatic rings. The van der Waals surface area contributed by atoms with Crippen LogP contribution in [0.4, 0.5) is 11.4 Å². The van der Waals surface area contributed by atoms with Gasteiger partial charge in [0.15, 0.2) is 0 Å². The van der Waals surface area contributed by atoms with Crippen molar-refractivity contribution in [3.05, 3.63) is 41.7 Å². The minimum Gasteiger partial charge on any atom is -0.378 e. The van der Waals surface area contributed by atoms with Crippen LogP contribution in [0.25, 0.3) is 0 Å². The van der Waals surface area contributed by atoms with Crippen LogP contribution >= 0.6 is 0 Å². The highest BCUT2D eigenvalue weighted by atomic mass is 16.5. The van der Waals surface area contributed by atoms with Crippen LogP contribution in [-0.2, 0) is 11.8 Å². The lowest BCUT2D eigenvalue weighted by Crippen LogP contribution is -2.36. The molecule has 116 valence electrons. The molecule has 2 heterocycles. The fraction of sp³-hybridized carbons (Fsp3) is 0.375. The molecule has 1 saturated heterocycles. The summed E-state index contributed by atoms with van der Waals surface area (Å²) in [4.78, 5) is 14.5. The molecule has 1 fully saturated rings. The Balaban J connectivity index is 1.73. The SMILES string of the molecule is Cc1cc(N2CCOCC2)ccc1NC(=O)c1cnn(C)c1. The van der Waals surface area contributed by atoms with Crippen LogP contribution in [0.15, 0.2) is 30.6 Å². The van der Waals surface area contributed by atoms with Crippen LogP contribution in [0.3, 0.4) is 0 Å². The quantitative estimate of drug-likeness (QED) is 0.939. The summed E-state index contributed by atoms with van der Waals surface area (Å²) in [5, 5.41) is 6.95. The fourth-order valence-electron chi connectivity index (χ4n) is 2.54. The first-order valence-electron chi connectivity index (χ1n) is 7.37. The average molecular weight is 300 g/mol. The number of amides is 1. The van der Waals surface area contributed by atoms with Gasteiger partial charge in [-0.2, -0.15) is 5.10 Å². The average Bonchev–Trinajstić information content (AvgIpc) is 2.97. The molecule has 1 amide bonds. The van der Waals surface area contributed by atoms with Gasteiger partial charge >= 0.3 is 0 Å². The molecule has 2 aromatic rings. The van der Waals surface area contributed by atoms with Gasteiger partial charge in [0, 0.05) is 37.7 Å². The van der Waals surface area contributed by atoms with Crippen molar-refractivity contribution in [1.82, 2.24) is 9.78 Å². The van der Waals surface area contributed by atoms with E-state index in [0.29, 0.717) is 5.56 Å². The summed E-state index contributed by atoms with van der Waals surface area (Å²) in [6.45, 7) is 5.33. The van der Waals surface area contributed by atoms with E-state index in [0.717, 1.165) is 37.6 Å². The number of rotatable bonds is 3. The Labute approximate surface area is 129 Å². The molecular formula is C16H20N4O2. The molecule has 3 rings (SSSR count). The highest BCUT2D eigenvalue weighted by Gasteiger charge is 2.13. The number of hydrogen-bond donors (Lipinski definition) is 1. The summed E-state index contributed by atoms with van der Waals surface area (Å²) in [5.74, 6) is -0.143. The summed E-state index contributed by atoms with van der Waals surface area (Å²) in [6.07, 6.45) is 3.26. The number of hydrogen-bond acceptors (Lipinski definition) is 4. The molecule has 6 nitrogen and oxygen atoms in total. The van der Waals surface area contributed by atoms with Crippen LogP contribution in [-0.4, -0.2) is 42.0 Å². The third-order valence-electron chi connectivity index (χ3n) is 3.80. The van der Waals surface area contributed by atoms with E-state index in [9.17, 15) is 4.79 Å². The Morgan fingerprint density at radius 3 is 2.73 bits per heavy atom. The van der Waals surface area contributed by atoms with Gasteiger partial charge in [-0.05, 0) is 30.7 Å². The van der Waals surface area contributed by atoms with Crippen LogP contribution in [0.5, 0.6) is 0 Å². The number of nitrogens with one attached hydrogen (secondary N) is 1. The largest absolute Gasteiger partial charge is 0.378 e. The monoisotopic (exact) mass is 300 g/mol. The van der Waals surface area contributed by atoms with Crippen molar-refractivity contribution in [2.45, 2.75) is 6.92 Å². The van der Waals surface area contributed by atoms with Crippen molar-refractivity contribution in [3.63, 3.8) is 0 Å². The Kier molecular flexibility index (Phi) is 4.11. The zero-order valence-electron chi connectivity index (χ0n) is 12.9. The Hall–Kier alpha value is -2.34. The van der Waals surface area contributed by atoms with Crippen molar-refractivity contribution in [2.75, 3.05) is 36.5 Å². The van der Waals surface area contributed by atoms with Crippen LogP contribution in [0.2, 0.25) is 0 Å². The number of aryl methyl sites for hydroxylation is 2. The van der Waals surface area contributed by atoms with Gasteiger partial charge in [-0.1, -0.05) is 0 Å². The zero-order chi connectivity index (χ0) is 15.5. The van der Waals surface area contributed by atoms with Gasteiger partial charge in [-0.25, -0.2) is 0 Å². The molecule has 1 N–H and O–H groups in total. The predicted molar refractivity (Wildman–Crippen MR) is 85.4 cm³/mol. The number of carbonyl (C=O) groups excluding carboxylic acids is 1. The smallest absolute Gasteiger partial charge is 0.258 e. The van der Waals surface area contributed by atoms with E-state index in [1.54, 1.807) is 24.1 Å². The summed E-state index contributed by atoms with van der Waals surface area (Å²) >= 11 is 0. The number of anilines is 2. The molecule has 0 spiro atoms. The zero-order valence-corrected chi connectivity index (χ0v) is 12.9. The van der Waals surface area contributed by atoms with E-state index in [4.69, 9.17) is 4.74 Å². The molecular weight excluding hydrogens is 280 g/mol. The second-order valence-corrected chi connectivity index (χ2v) is 5.46. The maximum absolute atomic E-state index is 12.2. The van der Waals surface area contributed by atoms with Crippen molar-refractivity contribution in [2.24, 2.45) is 7.05 Å². The van der Waals surface area contributed by atoms with E-state index in [1.165, 1.54) is 5.69 Å². The van der Waals surface area contributed by atoms with Crippen molar-refractivity contribution in [1.29, 1.82) is 0 Å². The predicted octanol–water partition coefficient (Wildman–Crippen LogP) is 1.82. The molecule has 0 atom stereocenters. The maximum Gasteiger partial charge on any atom is 0.258 e.